The van der Waals surface area contributed by atoms with Crippen LogP contribution in [0.4, 0.5) is 8.78 Å². The first-order valence-corrected chi connectivity index (χ1v) is 11.2. The van der Waals surface area contributed by atoms with Crippen LogP contribution in [0, 0.1) is 12.8 Å². The van der Waals surface area contributed by atoms with Crippen LogP contribution in [0.2, 0.25) is 0 Å². The maximum atomic E-state index is 12.6. The summed E-state index contributed by atoms with van der Waals surface area (Å²) in [7, 11) is 0. The molecule has 170 valence electrons. The van der Waals surface area contributed by atoms with E-state index in [-0.39, 0.29) is 18.1 Å². The van der Waals surface area contributed by atoms with E-state index < -0.39 is 6.61 Å². The average molecular weight is 436 g/mol. The number of carbonyl (C=O) groups excluding carboxylic acids is 1. The van der Waals surface area contributed by atoms with Crippen LogP contribution in [0.3, 0.4) is 0 Å². The zero-order chi connectivity index (χ0) is 22.1. The van der Waals surface area contributed by atoms with Gasteiger partial charge in [-0.3, -0.25) is 4.90 Å². The van der Waals surface area contributed by atoms with Gasteiger partial charge in [-0.05, 0) is 64.5 Å². The normalized spacial score (nSPS) is 23.8. The van der Waals surface area contributed by atoms with E-state index in [9.17, 15) is 13.6 Å². The molecule has 4 rings (SSSR count). The number of likely N-dealkylation sites (tertiary alicyclic amines) is 1. The second-order valence-corrected chi connectivity index (χ2v) is 8.71. The van der Waals surface area contributed by atoms with Crippen molar-refractivity contribution in [3.63, 3.8) is 0 Å². The molecule has 0 bridgehead atoms. The van der Waals surface area contributed by atoms with Crippen LogP contribution in [0.15, 0.2) is 18.3 Å². The number of esters is 1. The van der Waals surface area contributed by atoms with Gasteiger partial charge in [0.2, 0.25) is 0 Å². The van der Waals surface area contributed by atoms with E-state index in [0.717, 1.165) is 42.4 Å². The third-order valence-electron chi connectivity index (χ3n) is 7.01. The average Bonchev–Trinajstić information content (AvgIpc) is 3.02. The summed E-state index contributed by atoms with van der Waals surface area (Å²) < 4.78 is 36.8. The number of ether oxygens (including phenoxy) is 2. The van der Waals surface area contributed by atoms with Crippen LogP contribution in [0.5, 0.6) is 0 Å². The predicted molar refractivity (Wildman–Crippen MR) is 113 cm³/mol. The van der Waals surface area contributed by atoms with Crippen molar-refractivity contribution in [2.75, 3.05) is 19.7 Å². The summed E-state index contributed by atoms with van der Waals surface area (Å²) >= 11 is 0. The van der Waals surface area contributed by atoms with Crippen LogP contribution in [0.25, 0.3) is 11.0 Å². The summed E-state index contributed by atoms with van der Waals surface area (Å²) in [5.41, 5.74) is 2.33. The van der Waals surface area contributed by atoms with Gasteiger partial charge < -0.3 is 14.0 Å². The van der Waals surface area contributed by atoms with E-state index in [1.54, 1.807) is 6.20 Å². The van der Waals surface area contributed by atoms with Gasteiger partial charge in [0.25, 0.3) is 0 Å². The van der Waals surface area contributed by atoms with Crippen molar-refractivity contribution in [2.45, 2.75) is 71.3 Å². The summed E-state index contributed by atoms with van der Waals surface area (Å²) in [6, 6.07) is 4.43. The van der Waals surface area contributed by atoms with Gasteiger partial charge in [-0.15, -0.1) is 0 Å². The number of hydrogen-bond donors (Lipinski definition) is 0. The number of pyridine rings is 1. The number of nitrogens with zero attached hydrogens (tertiary/aromatic N) is 3. The predicted octanol–water partition coefficient (Wildman–Crippen LogP) is 4.56. The zero-order valence-corrected chi connectivity index (χ0v) is 18.4. The SMILES string of the molecule is CCOC(=O)c1c(C)n([C@H](C)[C@H]2CC[C@@H](N3CC(OC(F)F)C3)CC2)c2ncccc12. The Bertz CT molecular complexity index is 918. The van der Waals surface area contributed by atoms with Gasteiger partial charge in [0.1, 0.15) is 5.65 Å². The Kier molecular flexibility index (Phi) is 6.57. The first-order chi connectivity index (χ1) is 14.9. The molecule has 1 saturated heterocycles. The standard InChI is InChI=1S/C23H31F2N3O3/c1-4-30-22(29)20-15(3)28(21-19(20)6-5-11-26-21)14(2)16-7-9-17(10-8-16)27-12-18(13-27)31-23(24)25/h5-6,11,14,16-18,23H,4,7-10,12-13H2,1-3H3/t14-,16-,17+/m1/s1. The van der Waals surface area contributed by atoms with Crippen molar-refractivity contribution in [1.29, 1.82) is 0 Å². The van der Waals surface area contributed by atoms with Gasteiger partial charge in [-0.25, -0.2) is 9.78 Å². The topological polar surface area (TPSA) is 56.6 Å². The summed E-state index contributed by atoms with van der Waals surface area (Å²) in [4.78, 5) is 19.5. The molecule has 2 fully saturated rings. The molecular formula is C23H31F2N3O3. The molecule has 0 spiro atoms. The van der Waals surface area contributed by atoms with E-state index in [0.29, 0.717) is 37.2 Å². The summed E-state index contributed by atoms with van der Waals surface area (Å²) in [6.07, 6.45) is 5.64. The molecule has 1 aliphatic heterocycles. The number of aromatic nitrogens is 2. The van der Waals surface area contributed by atoms with Gasteiger partial charge in [-0.1, -0.05) is 0 Å². The highest BCUT2D eigenvalue weighted by molar-refractivity contribution is 6.05. The van der Waals surface area contributed by atoms with Crippen molar-refractivity contribution in [1.82, 2.24) is 14.5 Å². The fourth-order valence-corrected chi connectivity index (χ4v) is 5.38. The molecular weight excluding hydrogens is 404 g/mol. The molecule has 0 unspecified atom stereocenters. The Hall–Kier alpha value is -2.06. The largest absolute Gasteiger partial charge is 0.462 e. The Morgan fingerprint density at radius 2 is 1.97 bits per heavy atom. The van der Waals surface area contributed by atoms with Crippen molar-refractivity contribution in [3.8, 4) is 0 Å². The number of carbonyl (C=O) groups is 1. The lowest BCUT2D eigenvalue weighted by atomic mass is 9.80. The van der Waals surface area contributed by atoms with Crippen LogP contribution in [-0.4, -0.2) is 58.9 Å². The quantitative estimate of drug-likeness (QED) is 0.597. The number of hydrogen-bond acceptors (Lipinski definition) is 5. The Morgan fingerprint density at radius 3 is 2.61 bits per heavy atom. The second-order valence-electron chi connectivity index (χ2n) is 8.71. The molecule has 0 amide bonds. The minimum atomic E-state index is -2.68. The van der Waals surface area contributed by atoms with E-state index in [1.165, 1.54) is 0 Å². The molecule has 1 aliphatic carbocycles. The minimum absolute atomic E-state index is 0.202. The molecule has 2 aromatic heterocycles. The molecule has 1 saturated carbocycles. The molecule has 1 atom stereocenters. The summed E-state index contributed by atoms with van der Waals surface area (Å²) in [5, 5.41) is 0.838. The van der Waals surface area contributed by atoms with E-state index in [4.69, 9.17) is 4.74 Å². The minimum Gasteiger partial charge on any atom is -0.462 e. The fourth-order valence-electron chi connectivity index (χ4n) is 5.38. The lowest BCUT2D eigenvalue weighted by molar-refractivity contribution is -0.202. The van der Waals surface area contributed by atoms with Crippen LogP contribution >= 0.6 is 0 Å². The Labute approximate surface area is 181 Å². The molecule has 6 nitrogen and oxygen atoms in total. The number of rotatable bonds is 7. The highest BCUT2D eigenvalue weighted by Gasteiger charge is 2.38. The van der Waals surface area contributed by atoms with Crippen LogP contribution in [0.1, 0.15) is 61.6 Å². The molecule has 2 aliphatic rings. The highest BCUT2D eigenvalue weighted by atomic mass is 19.3. The lowest BCUT2D eigenvalue weighted by Gasteiger charge is -2.46. The molecule has 0 radical (unpaired) electrons. The highest BCUT2D eigenvalue weighted by Crippen LogP contribution is 2.39. The van der Waals surface area contributed by atoms with Crippen molar-refractivity contribution >= 4 is 17.0 Å². The molecule has 0 aromatic carbocycles. The molecule has 31 heavy (non-hydrogen) atoms. The Balaban J connectivity index is 1.45. The van der Waals surface area contributed by atoms with Crippen LogP contribution < -0.4 is 0 Å². The first-order valence-electron chi connectivity index (χ1n) is 11.2. The smallest absolute Gasteiger partial charge is 0.345 e. The third kappa shape index (κ3) is 4.32. The third-order valence-corrected chi connectivity index (χ3v) is 7.01. The maximum Gasteiger partial charge on any atom is 0.345 e. The molecule has 2 aromatic rings. The van der Waals surface area contributed by atoms with Gasteiger partial charge in [-0.2, -0.15) is 8.78 Å². The van der Waals surface area contributed by atoms with Gasteiger partial charge in [0.15, 0.2) is 0 Å². The lowest BCUT2D eigenvalue weighted by Crippen LogP contribution is -2.57. The van der Waals surface area contributed by atoms with Gasteiger partial charge >= 0.3 is 12.6 Å². The second kappa shape index (κ2) is 9.20. The maximum absolute atomic E-state index is 12.6. The summed E-state index contributed by atoms with van der Waals surface area (Å²) in [5.74, 6) is 0.169. The van der Waals surface area contributed by atoms with Crippen molar-refractivity contribution < 1.29 is 23.0 Å². The number of fused-ring (bicyclic) bond motifs is 1. The number of alkyl halides is 2. The van der Waals surface area contributed by atoms with Crippen LogP contribution in [-0.2, 0) is 9.47 Å². The van der Waals surface area contributed by atoms with Crippen molar-refractivity contribution in [2.24, 2.45) is 5.92 Å². The zero-order valence-electron chi connectivity index (χ0n) is 18.4. The molecule has 0 N–H and O–H groups in total. The van der Waals surface area contributed by atoms with Crippen molar-refractivity contribution in [3.05, 3.63) is 29.6 Å². The van der Waals surface area contributed by atoms with Gasteiger partial charge in [0, 0.05) is 42.5 Å². The molecule has 8 heteroatoms. The van der Waals surface area contributed by atoms with E-state index >= 15 is 0 Å². The Morgan fingerprint density at radius 1 is 1.26 bits per heavy atom. The summed E-state index contributed by atoms with van der Waals surface area (Å²) in [6.45, 7) is 4.84. The van der Waals surface area contributed by atoms with E-state index in [1.807, 2.05) is 26.0 Å². The van der Waals surface area contributed by atoms with Gasteiger partial charge in [0.05, 0.1) is 18.3 Å². The van der Waals surface area contributed by atoms with E-state index in [2.05, 4.69) is 26.1 Å². The molecule has 3 heterocycles. The monoisotopic (exact) mass is 435 g/mol. The first kappa shape index (κ1) is 22.1. The number of halogens is 2. The fraction of sp³-hybridized carbons (Fsp3) is 0.652.